The summed E-state index contributed by atoms with van der Waals surface area (Å²) < 4.78 is 31.1. The molecule has 2 rings (SSSR count). The minimum atomic E-state index is -0.605. The lowest BCUT2D eigenvalue weighted by molar-refractivity contribution is 0.237. The van der Waals surface area contributed by atoms with E-state index in [1.54, 1.807) is 0 Å². The lowest BCUT2D eigenvalue weighted by Crippen LogP contribution is -2.38. The summed E-state index contributed by atoms with van der Waals surface area (Å²) in [6.45, 7) is 1.45. The molecule has 0 spiro atoms. The maximum absolute atomic E-state index is 12.9. The molecule has 1 heterocycles. The predicted molar refractivity (Wildman–Crippen MR) is 57.5 cm³/mol. The number of ether oxygens (including phenoxy) is 1. The molecule has 0 saturated carbocycles. The summed E-state index contributed by atoms with van der Waals surface area (Å²) in [6.07, 6.45) is 3.42. The first-order valence-corrected chi connectivity index (χ1v) is 5.56. The first kappa shape index (κ1) is 11.3. The fourth-order valence-corrected chi connectivity index (χ4v) is 1.87. The van der Waals surface area contributed by atoms with Crippen molar-refractivity contribution in [2.75, 3.05) is 13.2 Å². The molecule has 0 aliphatic carbocycles. The van der Waals surface area contributed by atoms with Crippen molar-refractivity contribution < 1.29 is 13.5 Å². The summed E-state index contributed by atoms with van der Waals surface area (Å²) in [5.41, 5.74) is 0. The largest absolute Gasteiger partial charge is 0.492 e. The summed E-state index contributed by atoms with van der Waals surface area (Å²) in [7, 11) is 0. The van der Waals surface area contributed by atoms with Crippen LogP contribution < -0.4 is 10.1 Å². The van der Waals surface area contributed by atoms with Gasteiger partial charge >= 0.3 is 0 Å². The van der Waals surface area contributed by atoms with E-state index in [2.05, 4.69) is 5.32 Å². The molecule has 0 amide bonds. The van der Waals surface area contributed by atoms with Crippen LogP contribution in [0.4, 0.5) is 8.78 Å². The third kappa shape index (κ3) is 3.17. The molecule has 1 aliphatic rings. The SMILES string of the molecule is Fc1cc(F)cc(OCC2CCCCN2)c1. The Bertz CT molecular complexity index is 331. The molecular weight excluding hydrogens is 212 g/mol. The second kappa shape index (κ2) is 5.25. The maximum atomic E-state index is 12.9. The van der Waals surface area contributed by atoms with Crippen LogP contribution in [0.5, 0.6) is 5.75 Å². The van der Waals surface area contributed by atoms with Gasteiger partial charge in [0, 0.05) is 24.2 Å². The van der Waals surface area contributed by atoms with Gasteiger partial charge in [-0.15, -0.1) is 0 Å². The second-order valence-electron chi connectivity index (χ2n) is 4.06. The fourth-order valence-electron chi connectivity index (χ4n) is 1.87. The van der Waals surface area contributed by atoms with Gasteiger partial charge in [-0.05, 0) is 19.4 Å². The standard InChI is InChI=1S/C12H15F2NO/c13-9-5-10(14)7-12(6-9)16-8-11-3-1-2-4-15-11/h5-7,11,15H,1-4,8H2. The van der Waals surface area contributed by atoms with Crippen molar-refractivity contribution in [2.45, 2.75) is 25.3 Å². The summed E-state index contributed by atoms with van der Waals surface area (Å²) in [5, 5.41) is 3.31. The Labute approximate surface area is 93.6 Å². The average molecular weight is 227 g/mol. The topological polar surface area (TPSA) is 21.3 Å². The highest BCUT2D eigenvalue weighted by Gasteiger charge is 2.13. The molecule has 1 N–H and O–H groups in total. The Hall–Kier alpha value is -1.16. The van der Waals surface area contributed by atoms with Crippen LogP contribution in [0, 0.1) is 11.6 Å². The number of rotatable bonds is 3. The van der Waals surface area contributed by atoms with Gasteiger partial charge in [0.15, 0.2) is 0 Å². The van der Waals surface area contributed by atoms with Gasteiger partial charge in [-0.2, -0.15) is 0 Å². The second-order valence-corrected chi connectivity index (χ2v) is 4.06. The van der Waals surface area contributed by atoms with E-state index in [1.807, 2.05) is 0 Å². The van der Waals surface area contributed by atoms with E-state index in [1.165, 1.54) is 25.0 Å². The van der Waals surface area contributed by atoms with Gasteiger partial charge in [0.05, 0.1) is 0 Å². The molecule has 1 atom stereocenters. The Balaban J connectivity index is 1.88. The maximum Gasteiger partial charge on any atom is 0.129 e. The van der Waals surface area contributed by atoms with E-state index in [9.17, 15) is 8.78 Å². The van der Waals surface area contributed by atoms with E-state index in [0.29, 0.717) is 12.6 Å². The fraction of sp³-hybridized carbons (Fsp3) is 0.500. The molecule has 1 aromatic carbocycles. The monoisotopic (exact) mass is 227 g/mol. The van der Waals surface area contributed by atoms with Gasteiger partial charge < -0.3 is 10.1 Å². The molecule has 1 fully saturated rings. The lowest BCUT2D eigenvalue weighted by Gasteiger charge is -2.23. The molecule has 0 bridgehead atoms. The van der Waals surface area contributed by atoms with Crippen molar-refractivity contribution in [3.8, 4) is 5.75 Å². The zero-order chi connectivity index (χ0) is 11.4. The molecule has 88 valence electrons. The third-order valence-electron chi connectivity index (χ3n) is 2.70. The van der Waals surface area contributed by atoms with Gasteiger partial charge in [-0.25, -0.2) is 8.78 Å². The van der Waals surface area contributed by atoms with E-state index in [-0.39, 0.29) is 5.75 Å². The normalized spacial score (nSPS) is 20.8. The number of piperidine rings is 1. The van der Waals surface area contributed by atoms with E-state index < -0.39 is 11.6 Å². The number of hydrogen-bond donors (Lipinski definition) is 1. The van der Waals surface area contributed by atoms with Crippen LogP contribution >= 0.6 is 0 Å². The molecule has 4 heteroatoms. The molecule has 1 aliphatic heterocycles. The van der Waals surface area contributed by atoms with Crippen molar-refractivity contribution >= 4 is 0 Å². The summed E-state index contributed by atoms with van der Waals surface area (Å²) in [6, 6.07) is 3.53. The molecule has 16 heavy (non-hydrogen) atoms. The Morgan fingerprint density at radius 2 is 1.94 bits per heavy atom. The van der Waals surface area contributed by atoms with Gasteiger partial charge in [0.2, 0.25) is 0 Å². The van der Waals surface area contributed by atoms with E-state index in [0.717, 1.165) is 19.0 Å². The van der Waals surface area contributed by atoms with Gasteiger partial charge in [-0.3, -0.25) is 0 Å². The van der Waals surface area contributed by atoms with Crippen LogP contribution in [0.1, 0.15) is 19.3 Å². The van der Waals surface area contributed by atoms with Gasteiger partial charge in [0.1, 0.15) is 24.0 Å². The zero-order valence-electron chi connectivity index (χ0n) is 9.01. The minimum absolute atomic E-state index is 0.255. The highest BCUT2D eigenvalue weighted by molar-refractivity contribution is 5.23. The van der Waals surface area contributed by atoms with Crippen molar-refractivity contribution in [1.29, 1.82) is 0 Å². The molecule has 1 saturated heterocycles. The van der Waals surface area contributed by atoms with Crippen molar-refractivity contribution in [3.63, 3.8) is 0 Å². The van der Waals surface area contributed by atoms with Crippen molar-refractivity contribution in [3.05, 3.63) is 29.8 Å². The van der Waals surface area contributed by atoms with Crippen LogP contribution in [0.3, 0.4) is 0 Å². The lowest BCUT2D eigenvalue weighted by atomic mass is 10.1. The third-order valence-corrected chi connectivity index (χ3v) is 2.70. The first-order valence-electron chi connectivity index (χ1n) is 5.56. The highest BCUT2D eigenvalue weighted by Crippen LogP contribution is 2.16. The van der Waals surface area contributed by atoms with Crippen LogP contribution in [-0.4, -0.2) is 19.2 Å². The molecule has 2 nitrogen and oxygen atoms in total. The number of nitrogens with one attached hydrogen (secondary N) is 1. The average Bonchev–Trinajstić information content (AvgIpc) is 2.27. The van der Waals surface area contributed by atoms with Crippen molar-refractivity contribution in [2.24, 2.45) is 0 Å². The summed E-state index contributed by atoms with van der Waals surface area (Å²) in [4.78, 5) is 0. The number of halogens is 2. The summed E-state index contributed by atoms with van der Waals surface area (Å²) >= 11 is 0. The molecule has 0 aromatic heterocycles. The van der Waals surface area contributed by atoms with E-state index in [4.69, 9.17) is 4.74 Å². The Morgan fingerprint density at radius 3 is 2.56 bits per heavy atom. The quantitative estimate of drug-likeness (QED) is 0.856. The molecule has 1 aromatic rings. The van der Waals surface area contributed by atoms with Crippen LogP contribution in [0.2, 0.25) is 0 Å². The molecule has 1 unspecified atom stereocenters. The van der Waals surface area contributed by atoms with Crippen LogP contribution in [-0.2, 0) is 0 Å². The first-order chi connectivity index (χ1) is 7.74. The van der Waals surface area contributed by atoms with Crippen LogP contribution in [0.15, 0.2) is 18.2 Å². The number of hydrogen-bond acceptors (Lipinski definition) is 2. The molecular formula is C12H15F2NO. The number of benzene rings is 1. The Kier molecular flexibility index (Phi) is 3.72. The van der Waals surface area contributed by atoms with Gasteiger partial charge in [-0.1, -0.05) is 6.42 Å². The summed E-state index contributed by atoms with van der Waals surface area (Å²) in [5.74, 6) is -0.955. The smallest absolute Gasteiger partial charge is 0.129 e. The minimum Gasteiger partial charge on any atom is -0.492 e. The zero-order valence-corrected chi connectivity index (χ0v) is 9.01. The van der Waals surface area contributed by atoms with Crippen LogP contribution in [0.25, 0.3) is 0 Å². The molecule has 0 radical (unpaired) electrons. The van der Waals surface area contributed by atoms with E-state index >= 15 is 0 Å². The van der Waals surface area contributed by atoms with Crippen molar-refractivity contribution in [1.82, 2.24) is 5.32 Å². The highest BCUT2D eigenvalue weighted by atomic mass is 19.1. The Morgan fingerprint density at radius 1 is 1.19 bits per heavy atom. The van der Waals surface area contributed by atoms with Gasteiger partial charge in [0.25, 0.3) is 0 Å². The predicted octanol–water partition coefficient (Wildman–Crippen LogP) is 2.49.